The van der Waals surface area contributed by atoms with Gasteiger partial charge in [0.1, 0.15) is 5.75 Å². The van der Waals surface area contributed by atoms with Crippen LogP contribution in [0, 0.1) is 6.92 Å². The van der Waals surface area contributed by atoms with Crippen LogP contribution >= 0.6 is 0 Å². The van der Waals surface area contributed by atoms with E-state index in [1.165, 1.54) is 0 Å². The van der Waals surface area contributed by atoms with Gasteiger partial charge in [-0.25, -0.2) is 0 Å². The lowest BCUT2D eigenvalue weighted by atomic mass is 10.1. The fourth-order valence-corrected chi connectivity index (χ4v) is 1.67. The van der Waals surface area contributed by atoms with Crippen LogP contribution in [0.15, 0.2) is 18.2 Å². The first-order valence-corrected chi connectivity index (χ1v) is 6.81. The second-order valence-corrected chi connectivity index (χ2v) is 4.59. The Labute approximate surface area is 115 Å². The van der Waals surface area contributed by atoms with Crippen molar-refractivity contribution in [2.24, 2.45) is 0 Å². The van der Waals surface area contributed by atoms with E-state index in [0.717, 1.165) is 23.3 Å². The summed E-state index contributed by atoms with van der Waals surface area (Å²) in [6.45, 7) is 6.02. The van der Waals surface area contributed by atoms with Crippen LogP contribution < -0.4 is 15.4 Å². The molecule has 0 atom stereocenters. The molecule has 0 aliphatic carbocycles. The number of amides is 1. The highest BCUT2D eigenvalue weighted by Crippen LogP contribution is 2.20. The third kappa shape index (κ3) is 5.75. The van der Waals surface area contributed by atoms with Crippen molar-refractivity contribution in [3.63, 3.8) is 0 Å². The van der Waals surface area contributed by atoms with Crippen LogP contribution in [-0.4, -0.2) is 26.1 Å². The quantitative estimate of drug-likeness (QED) is 0.755. The van der Waals surface area contributed by atoms with Crippen molar-refractivity contribution in [3.8, 4) is 5.75 Å². The van der Waals surface area contributed by atoms with Gasteiger partial charge < -0.3 is 15.4 Å². The van der Waals surface area contributed by atoms with Gasteiger partial charge in [-0.1, -0.05) is 19.1 Å². The number of ether oxygens (including phenoxy) is 1. The Morgan fingerprint density at radius 3 is 2.84 bits per heavy atom. The maximum atomic E-state index is 11.6. The van der Waals surface area contributed by atoms with Gasteiger partial charge in [-0.05, 0) is 32.0 Å². The lowest BCUT2D eigenvalue weighted by Crippen LogP contribution is -2.26. The molecule has 19 heavy (non-hydrogen) atoms. The molecule has 0 heterocycles. The highest BCUT2D eigenvalue weighted by atomic mass is 16.5. The molecule has 1 amide bonds. The van der Waals surface area contributed by atoms with Gasteiger partial charge in [0.05, 0.1) is 6.61 Å². The van der Waals surface area contributed by atoms with Crippen molar-refractivity contribution in [1.29, 1.82) is 0 Å². The standard InChI is InChI=1S/C15H24N2O2/c1-4-9-19-14-10-12(2)5-6-13(14)11-17-15(18)7-8-16-3/h5-6,10,16H,4,7-9,11H2,1-3H3,(H,17,18). The maximum absolute atomic E-state index is 11.6. The Morgan fingerprint density at radius 1 is 1.37 bits per heavy atom. The lowest BCUT2D eigenvalue weighted by Gasteiger charge is -2.12. The second kappa shape index (κ2) is 8.53. The van der Waals surface area contributed by atoms with Crippen LogP contribution in [0.3, 0.4) is 0 Å². The minimum atomic E-state index is 0.0522. The van der Waals surface area contributed by atoms with E-state index < -0.39 is 0 Å². The van der Waals surface area contributed by atoms with Crippen LogP contribution in [0.5, 0.6) is 5.75 Å². The molecule has 1 rings (SSSR count). The molecule has 0 aliphatic rings. The van der Waals surface area contributed by atoms with E-state index in [4.69, 9.17) is 4.74 Å². The smallest absolute Gasteiger partial charge is 0.221 e. The average Bonchev–Trinajstić information content (AvgIpc) is 2.41. The second-order valence-electron chi connectivity index (χ2n) is 4.59. The number of carbonyl (C=O) groups is 1. The molecule has 0 aliphatic heterocycles. The van der Waals surface area contributed by atoms with E-state index in [1.54, 1.807) is 0 Å². The summed E-state index contributed by atoms with van der Waals surface area (Å²) in [5.41, 5.74) is 2.19. The monoisotopic (exact) mass is 264 g/mol. The number of hydrogen-bond donors (Lipinski definition) is 2. The van der Waals surface area contributed by atoms with E-state index >= 15 is 0 Å². The van der Waals surface area contributed by atoms with Crippen LogP contribution in [0.25, 0.3) is 0 Å². The van der Waals surface area contributed by atoms with Gasteiger partial charge in [0.25, 0.3) is 0 Å². The molecule has 0 saturated heterocycles. The molecule has 0 bridgehead atoms. The number of nitrogens with one attached hydrogen (secondary N) is 2. The summed E-state index contributed by atoms with van der Waals surface area (Å²) in [5.74, 6) is 0.923. The first kappa shape index (κ1) is 15.5. The molecule has 2 N–H and O–H groups in total. The molecular weight excluding hydrogens is 240 g/mol. The van der Waals surface area contributed by atoms with Crippen LogP contribution in [-0.2, 0) is 11.3 Å². The van der Waals surface area contributed by atoms with Gasteiger partial charge in [0.15, 0.2) is 0 Å². The Bertz CT molecular complexity index is 405. The predicted octanol–water partition coefficient (Wildman–Crippen LogP) is 2.01. The summed E-state index contributed by atoms with van der Waals surface area (Å²) in [5, 5.41) is 5.87. The normalized spacial score (nSPS) is 10.3. The average molecular weight is 264 g/mol. The molecule has 0 saturated carbocycles. The summed E-state index contributed by atoms with van der Waals surface area (Å²) in [4.78, 5) is 11.6. The molecule has 0 spiro atoms. The summed E-state index contributed by atoms with van der Waals surface area (Å²) in [6.07, 6.45) is 1.47. The minimum Gasteiger partial charge on any atom is -0.493 e. The highest BCUT2D eigenvalue weighted by molar-refractivity contribution is 5.76. The van der Waals surface area contributed by atoms with Crippen molar-refractivity contribution in [2.45, 2.75) is 33.2 Å². The van der Waals surface area contributed by atoms with Gasteiger partial charge in [-0.3, -0.25) is 4.79 Å². The fourth-order valence-electron chi connectivity index (χ4n) is 1.67. The van der Waals surface area contributed by atoms with E-state index in [-0.39, 0.29) is 5.91 Å². The molecule has 4 nitrogen and oxygen atoms in total. The zero-order valence-electron chi connectivity index (χ0n) is 12.1. The Morgan fingerprint density at radius 2 is 2.16 bits per heavy atom. The third-order valence-electron chi connectivity index (χ3n) is 2.76. The van der Waals surface area contributed by atoms with Crippen LogP contribution in [0.2, 0.25) is 0 Å². The summed E-state index contributed by atoms with van der Waals surface area (Å²) in [7, 11) is 1.84. The van der Waals surface area contributed by atoms with Gasteiger partial charge in [0.2, 0.25) is 5.91 Å². The van der Waals surface area contributed by atoms with Crippen LogP contribution in [0.1, 0.15) is 30.9 Å². The Balaban J connectivity index is 2.58. The van der Waals surface area contributed by atoms with Gasteiger partial charge in [0, 0.05) is 25.1 Å². The summed E-state index contributed by atoms with van der Waals surface area (Å²) in [6, 6.07) is 6.07. The molecule has 0 fully saturated rings. The van der Waals surface area contributed by atoms with Crippen molar-refractivity contribution in [2.75, 3.05) is 20.2 Å². The van der Waals surface area contributed by atoms with Crippen molar-refractivity contribution < 1.29 is 9.53 Å². The largest absolute Gasteiger partial charge is 0.493 e. The van der Waals surface area contributed by atoms with Crippen LogP contribution in [0.4, 0.5) is 0 Å². The van der Waals surface area contributed by atoms with Crippen molar-refractivity contribution >= 4 is 5.91 Å². The number of carbonyl (C=O) groups excluding carboxylic acids is 1. The van der Waals surface area contributed by atoms with E-state index in [1.807, 2.05) is 32.2 Å². The van der Waals surface area contributed by atoms with E-state index in [0.29, 0.717) is 26.1 Å². The first-order valence-electron chi connectivity index (χ1n) is 6.81. The molecule has 1 aromatic carbocycles. The van der Waals surface area contributed by atoms with Gasteiger partial charge in [-0.15, -0.1) is 0 Å². The zero-order chi connectivity index (χ0) is 14.1. The first-order chi connectivity index (χ1) is 9.17. The Hall–Kier alpha value is -1.55. The molecule has 106 valence electrons. The van der Waals surface area contributed by atoms with E-state index in [2.05, 4.69) is 17.6 Å². The summed E-state index contributed by atoms with van der Waals surface area (Å²) >= 11 is 0. The molecule has 0 unspecified atom stereocenters. The Kier molecular flexibility index (Phi) is 6.97. The summed E-state index contributed by atoms with van der Waals surface area (Å²) < 4.78 is 5.72. The maximum Gasteiger partial charge on any atom is 0.221 e. The van der Waals surface area contributed by atoms with E-state index in [9.17, 15) is 4.79 Å². The molecule has 4 heteroatoms. The zero-order valence-corrected chi connectivity index (χ0v) is 12.1. The van der Waals surface area contributed by atoms with Crippen molar-refractivity contribution in [3.05, 3.63) is 29.3 Å². The lowest BCUT2D eigenvalue weighted by molar-refractivity contribution is -0.121. The predicted molar refractivity (Wildman–Crippen MR) is 77.4 cm³/mol. The fraction of sp³-hybridized carbons (Fsp3) is 0.533. The number of hydrogen-bond acceptors (Lipinski definition) is 3. The number of rotatable bonds is 8. The topological polar surface area (TPSA) is 50.4 Å². The molecular formula is C15H24N2O2. The molecule has 1 aromatic rings. The SMILES string of the molecule is CCCOc1cc(C)ccc1CNC(=O)CCNC. The third-order valence-corrected chi connectivity index (χ3v) is 2.76. The molecule has 0 aromatic heterocycles. The number of aryl methyl sites for hydroxylation is 1. The minimum absolute atomic E-state index is 0.0522. The highest BCUT2D eigenvalue weighted by Gasteiger charge is 2.06. The molecule has 0 radical (unpaired) electrons. The number of benzene rings is 1. The van der Waals surface area contributed by atoms with Gasteiger partial charge >= 0.3 is 0 Å². The van der Waals surface area contributed by atoms with Crippen molar-refractivity contribution in [1.82, 2.24) is 10.6 Å². The van der Waals surface area contributed by atoms with Gasteiger partial charge in [-0.2, -0.15) is 0 Å².